The maximum atomic E-state index is 8.94. The molecule has 2 nitrogen and oxygen atoms in total. The van der Waals surface area contributed by atoms with Gasteiger partial charge in [0.2, 0.25) is 0 Å². The van der Waals surface area contributed by atoms with E-state index in [9.17, 15) is 0 Å². The highest BCUT2D eigenvalue weighted by Gasteiger charge is 2.15. The first-order valence-electron chi connectivity index (χ1n) is 6.22. The van der Waals surface area contributed by atoms with Gasteiger partial charge in [-0.1, -0.05) is 18.2 Å². The van der Waals surface area contributed by atoms with Crippen molar-refractivity contribution in [2.75, 3.05) is 5.75 Å². The SMILES string of the molecule is CC(C)(C#N)CCCSc1cc2ccccc2[nH]1. The lowest BCUT2D eigenvalue weighted by Gasteiger charge is -2.13. The highest BCUT2D eigenvalue weighted by Crippen LogP contribution is 2.26. The normalized spacial score (nSPS) is 11.6. The minimum absolute atomic E-state index is 0.193. The molecule has 1 aromatic carbocycles. The van der Waals surface area contributed by atoms with Crippen molar-refractivity contribution in [1.29, 1.82) is 5.26 Å². The van der Waals surface area contributed by atoms with Crippen LogP contribution in [0.15, 0.2) is 35.4 Å². The highest BCUT2D eigenvalue weighted by atomic mass is 32.2. The van der Waals surface area contributed by atoms with Gasteiger partial charge in [-0.2, -0.15) is 5.26 Å². The molecule has 0 aliphatic carbocycles. The Labute approximate surface area is 112 Å². The number of rotatable bonds is 5. The quantitative estimate of drug-likeness (QED) is 0.629. The highest BCUT2D eigenvalue weighted by molar-refractivity contribution is 7.99. The number of nitrogens with zero attached hydrogens (tertiary/aromatic N) is 1. The van der Waals surface area contributed by atoms with Crippen molar-refractivity contribution < 1.29 is 0 Å². The van der Waals surface area contributed by atoms with Crippen LogP contribution in [0.3, 0.4) is 0 Å². The topological polar surface area (TPSA) is 39.6 Å². The van der Waals surface area contributed by atoms with E-state index in [0.717, 1.165) is 18.6 Å². The number of aromatic amines is 1. The van der Waals surface area contributed by atoms with Crippen molar-refractivity contribution in [1.82, 2.24) is 4.98 Å². The number of nitriles is 1. The van der Waals surface area contributed by atoms with E-state index in [1.807, 2.05) is 31.7 Å². The molecular formula is C15H18N2S. The largest absolute Gasteiger partial charge is 0.350 e. The summed E-state index contributed by atoms with van der Waals surface area (Å²) in [5.41, 5.74) is 0.999. The molecule has 0 radical (unpaired) electrons. The van der Waals surface area contributed by atoms with Crippen LogP contribution in [0.4, 0.5) is 0 Å². The lowest BCUT2D eigenvalue weighted by Crippen LogP contribution is -2.07. The first-order chi connectivity index (χ1) is 8.61. The fraction of sp³-hybridized carbons (Fsp3) is 0.400. The second-order valence-electron chi connectivity index (χ2n) is 5.17. The molecule has 0 amide bonds. The summed E-state index contributed by atoms with van der Waals surface area (Å²) < 4.78 is 0. The molecular weight excluding hydrogens is 240 g/mol. The van der Waals surface area contributed by atoms with Crippen LogP contribution in [0.5, 0.6) is 0 Å². The molecule has 2 aromatic rings. The number of aromatic nitrogens is 1. The molecule has 1 N–H and O–H groups in total. The first-order valence-corrected chi connectivity index (χ1v) is 7.21. The Morgan fingerprint density at radius 2 is 2.11 bits per heavy atom. The summed E-state index contributed by atoms with van der Waals surface area (Å²) in [7, 11) is 0. The van der Waals surface area contributed by atoms with E-state index in [4.69, 9.17) is 5.26 Å². The summed E-state index contributed by atoms with van der Waals surface area (Å²) in [5, 5.41) is 11.4. The predicted octanol–water partition coefficient (Wildman–Crippen LogP) is 4.59. The zero-order valence-electron chi connectivity index (χ0n) is 10.9. The fourth-order valence-corrected chi connectivity index (χ4v) is 2.78. The number of hydrogen-bond donors (Lipinski definition) is 1. The molecule has 0 atom stereocenters. The molecule has 18 heavy (non-hydrogen) atoms. The third kappa shape index (κ3) is 3.30. The average molecular weight is 258 g/mol. The molecule has 1 aromatic heterocycles. The smallest absolute Gasteiger partial charge is 0.0732 e. The Bertz CT molecular complexity index is 530. The number of fused-ring (bicyclic) bond motifs is 1. The molecule has 1 heterocycles. The standard InChI is InChI=1S/C15H18N2S/c1-15(2,11-16)8-5-9-18-14-10-12-6-3-4-7-13(12)17-14/h3-4,6-7,10,17H,5,8-9H2,1-2H3. The van der Waals surface area contributed by atoms with E-state index >= 15 is 0 Å². The lowest BCUT2D eigenvalue weighted by molar-refractivity contribution is 0.448. The van der Waals surface area contributed by atoms with Gasteiger partial charge in [-0.15, -0.1) is 11.8 Å². The number of thioether (sulfide) groups is 1. The maximum absolute atomic E-state index is 8.94. The van der Waals surface area contributed by atoms with Crippen LogP contribution in [0.1, 0.15) is 26.7 Å². The molecule has 2 rings (SSSR count). The minimum Gasteiger partial charge on any atom is -0.350 e. The van der Waals surface area contributed by atoms with Crippen molar-refractivity contribution >= 4 is 22.7 Å². The van der Waals surface area contributed by atoms with E-state index < -0.39 is 0 Å². The fourth-order valence-electron chi connectivity index (χ4n) is 1.88. The van der Waals surface area contributed by atoms with Crippen molar-refractivity contribution in [3.8, 4) is 6.07 Å². The molecule has 0 unspecified atom stereocenters. The van der Waals surface area contributed by atoms with Gasteiger partial charge in [-0.05, 0) is 44.6 Å². The molecule has 0 saturated carbocycles. The molecule has 0 saturated heterocycles. The summed E-state index contributed by atoms with van der Waals surface area (Å²) in [6.45, 7) is 4.00. The molecule has 0 fully saturated rings. The number of H-pyrrole nitrogens is 1. The molecule has 0 spiro atoms. The Kier molecular flexibility index (Phi) is 3.98. The third-order valence-corrected chi connectivity index (χ3v) is 4.04. The second-order valence-corrected chi connectivity index (χ2v) is 6.31. The Morgan fingerprint density at radius 1 is 1.33 bits per heavy atom. The Balaban J connectivity index is 1.86. The second kappa shape index (κ2) is 5.49. The van der Waals surface area contributed by atoms with E-state index in [-0.39, 0.29) is 5.41 Å². The van der Waals surface area contributed by atoms with Gasteiger partial charge in [0.1, 0.15) is 0 Å². The summed E-state index contributed by atoms with van der Waals surface area (Å²) in [6, 6.07) is 12.8. The zero-order chi connectivity index (χ0) is 13.0. The first kappa shape index (κ1) is 13.0. The van der Waals surface area contributed by atoms with E-state index in [2.05, 4.69) is 35.3 Å². The monoisotopic (exact) mass is 258 g/mol. The van der Waals surface area contributed by atoms with Gasteiger partial charge in [0, 0.05) is 10.9 Å². The minimum atomic E-state index is -0.193. The number of hydrogen-bond acceptors (Lipinski definition) is 2. The number of para-hydroxylation sites is 1. The van der Waals surface area contributed by atoms with Gasteiger partial charge in [-0.3, -0.25) is 0 Å². The number of benzene rings is 1. The van der Waals surface area contributed by atoms with Gasteiger partial charge in [0.05, 0.1) is 16.5 Å². The van der Waals surface area contributed by atoms with Crippen LogP contribution < -0.4 is 0 Å². The van der Waals surface area contributed by atoms with Crippen molar-refractivity contribution in [2.24, 2.45) is 5.41 Å². The molecule has 0 aliphatic heterocycles. The van der Waals surface area contributed by atoms with Crippen molar-refractivity contribution in [3.05, 3.63) is 30.3 Å². The predicted molar refractivity (Wildman–Crippen MR) is 77.7 cm³/mol. The third-order valence-electron chi connectivity index (χ3n) is 3.01. The number of nitrogens with one attached hydrogen (secondary N) is 1. The molecule has 3 heteroatoms. The molecule has 0 bridgehead atoms. The molecule has 94 valence electrons. The zero-order valence-corrected chi connectivity index (χ0v) is 11.7. The van der Waals surface area contributed by atoms with Crippen LogP contribution in [0.25, 0.3) is 10.9 Å². The summed E-state index contributed by atoms with van der Waals surface area (Å²) in [4.78, 5) is 3.41. The van der Waals surface area contributed by atoms with Crippen LogP contribution in [-0.2, 0) is 0 Å². The van der Waals surface area contributed by atoms with Crippen LogP contribution in [0.2, 0.25) is 0 Å². The average Bonchev–Trinajstić information content (AvgIpc) is 2.77. The lowest BCUT2D eigenvalue weighted by atomic mass is 9.90. The van der Waals surface area contributed by atoms with Crippen molar-refractivity contribution in [2.45, 2.75) is 31.7 Å². The Hall–Kier alpha value is -1.40. The summed E-state index contributed by atoms with van der Waals surface area (Å²) in [5.74, 6) is 1.05. The van der Waals surface area contributed by atoms with Gasteiger partial charge in [0.15, 0.2) is 0 Å². The Morgan fingerprint density at radius 3 is 2.83 bits per heavy atom. The van der Waals surface area contributed by atoms with Crippen LogP contribution in [-0.4, -0.2) is 10.7 Å². The van der Waals surface area contributed by atoms with E-state index in [0.29, 0.717) is 0 Å². The van der Waals surface area contributed by atoms with Gasteiger partial charge >= 0.3 is 0 Å². The van der Waals surface area contributed by atoms with Gasteiger partial charge < -0.3 is 4.98 Å². The van der Waals surface area contributed by atoms with Crippen molar-refractivity contribution in [3.63, 3.8) is 0 Å². The van der Waals surface area contributed by atoms with Crippen LogP contribution >= 0.6 is 11.8 Å². The van der Waals surface area contributed by atoms with E-state index in [1.54, 1.807) is 0 Å². The van der Waals surface area contributed by atoms with Crippen LogP contribution in [0, 0.1) is 16.7 Å². The molecule has 0 aliphatic rings. The summed E-state index contributed by atoms with van der Waals surface area (Å²) >= 11 is 1.83. The van der Waals surface area contributed by atoms with E-state index in [1.165, 1.54) is 15.9 Å². The summed E-state index contributed by atoms with van der Waals surface area (Å²) in [6.07, 6.45) is 2.03. The van der Waals surface area contributed by atoms with Gasteiger partial charge in [0.25, 0.3) is 0 Å². The maximum Gasteiger partial charge on any atom is 0.0732 e. The van der Waals surface area contributed by atoms with Gasteiger partial charge in [-0.25, -0.2) is 0 Å².